The highest BCUT2D eigenvalue weighted by Crippen LogP contribution is 2.21. The Hall–Kier alpha value is -1.33. The molecular formula is C12H18N2O3. The van der Waals surface area contributed by atoms with Crippen molar-refractivity contribution in [1.82, 2.24) is 4.98 Å². The summed E-state index contributed by atoms with van der Waals surface area (Å²) in [6.07, 6.45) is 1.57. The summed E-state index contributed by atoms with van der Waals surface area (Å²) < 4.78 is 10.6. The number of rotatable bonds is 3. The number of aliphatic hydroxyl groups is 1. The third-order valence-corrected chi connectivity index (χ3v) is 2.96. The van der Waals surface area contributed by atoms with Crippen LogP contribution in [0.1, 0.15) is 6.92 Å². The van der Waals surface area contributed by atoms with E-state index in [1.165, 1.54) is 0 Å². The maximum absolute atomic E-state index is 9.13. The third kappa shape index (κ3) is 2.68. The number of morpholine rings is 1. The molecule has 1 aliphatic rings. The Morgan fingerprint density at radius 1 is 1.59 bits per heavy atom. The Bertz CT molecular complexity index is 355. The van der Waals surface area contributed by atoms with Gasteiger partial charge in [0.15, 0.2) is 0 Å². The fourth-order valence-electron chi connectivity index (χ4n) is 1.91. The van der Waals surface area contributed by atoms with Gasteiger partial charge in [0.1, 0.15) is 11.6 Å². The Labute approximate surface area is 101 Å². The summed E-state index contributed by atoms with van der Waals surface area (Å²) in [5.41, 5.74) is 0. The molecule has 2 heterocycles. The van der Waals surface area contributed by atoms with Gasteiger partial charge in [0.2, 0.25) is 0 Å². The number of aromatic nitrogens is 1. The van der Waals surface area contributed by atoms with Gasteiger partial charge in [-0.1, -0.05) is 0 Å². The van der Waals surface area contributed by atoms with Crippen LogP contribution in [0.5, 0.6) is 5.75 Å². The lowest BCUT2D eigenvalue weighted by Crippen LogP contribution is -2.49. The molecule has 1 saturated heterocycles. The van der Waals surface area contributed by atoms with Crippen molar-refractivity contribution in [2.24, 2.45) is 0 Å². The maximum atomic E-state index is 9.13. The van der Waals surface area contributed by atoms with Crippen molar-refractivity contribution in [2.45, 2.75) is 19.1 Å². The van der Waals surface area contributed by atoms with Crippen LogP contribution in [-0.4, -0.2) is 49.1 Å². The van der Waals surface area contributed by atoms with Crippen LogP contribution in [0.15, 0.2) is 18.3 Å². The van der Waals surface area contributed by atoms with Crippen LogP contribution in [0.2, 0.25) is 0 Å². The summed E-state index contributed by atoms with van der Waals surface area (Å²) in [5.74, 6) is 1.63. The lowest BCUT2D eigenvalue weighted by atomic mass is 10.2. The fourth-order valence-corrected chi connectivity index (χ4v) is 1.91. The molecule has 1 fully saturated rings. The molecular weight excluding hydrogens is 220 g/mol. The van der Waals surface area contributed by atoms with Gasteiger partial charge in [0.25, 0.3) is 0 Å². The second-order valence-corrected chi connectivity index (χ2v) is 4.20. The summed E-state index contributed by atoms with van der Waals surface area (Å²) >= 11 is 0. The molecule has 5 heteroatoms. The van der Waals surface area contributed by atoms with Crippen LogP contribution in [0.3, 0.4) is 0 Å². The Balaban J connectivity index is 2.12. The molecule has 1 aromatic rings. The lowest BCUT2D eigenvalue weighted by molar-refractivity contribution is -0.0105. The minimum atomic E-state index is -0.130. The van der Waals surface area contributed by atoms with Gasteiger partial charge in [-0.25, -0.2) is 4.98 Å². The zero-order chi connectivity index (χ0) is 12.3. The molecule has 2 unspecified atom stereocenters. The molecule has 1 aliphatic heterocycles. The smallest absolute Gasteiger partial charge is 0.137 e. The van der Waals surface area contributed by atoms with Crippen LogP contribution < -0.4 is 9.64 Å². The quantitative estimate of drug-likeness (QED) is 0.839. The molecule has 0 radical (unpaired) electrons. The van der Waals surface area contributed by atoms with E-state index < -0.39 is 0 Å². The molecule has 2 rings (SSSR count). The summed E-state index contributed by atoms with van der Waals surface area (Å²) in [5, 5.41) is 9.13. The van der Waals surface area contributed by atoms with Crippen LogP contribution in [0.4, 0.5) is 5.82 Å². The zero-order valence-electron chi connectivity index (χ0n) is 10.2. The summed E-state index contributed by atoms with van der Waals surface area (Å²) in [6.45, 7) is 3.40. The van der Waals surface area contributed by atoms with Crippen molar-refractivity contribution in [3.63, 3.8) is 0 Å². The van der Waals surface area contributed by atoms with Gasteiger partial charge in [0.05, 0.1) is 38.7 Å². The van der Waals surface area contributed by atoms with Crippen molar-refractivity contribution in [3.8, 4) is 5.75 Å². The Kier molecular flexibility index (Phi) is 3.81. The van der Waals surface area contributed by atoms with E-state index >= 15 is 0 Å². The molecule has 0 bridgehead atoms. The Morgan fingerprint density at radius 2 is 2.41 bits per heavy atom. The molecule has 0 amide bonds. The summed E-state index contributed by atoms with van der Waals surface area (Å²) in [6, 6.07) is 4.08. The molecule has 0 aliphatic carbocycles. The van der Waals surface area contributed by atoms with Crippen molar-refractivity contribution >= 4 is 5.82 Å². The molecule has 1 aromatic heterocycles. The number of methoxy groups -OCH3 is 1. The molecule has 2 atom stereocenters. The van der Waals surface area contributed by atoms with Gasteiger partial charge >= 0.3 is 0 Å². The van der Waals surface area contributed by atoms with E-state index in [0.29, 0.717) is 13.2 Å². The number of anilines is 1. The molecule has 5 nitrogen and oxygen atoms in total. The minimum absolute atomic E-state index is 0.0410. The van der Waals surface area contributed by atoms with E-state index in [-0.39, 0.29) is 18.8 Å². The zero-order valence-corrected chi connectivity index (χ0v) is 10.2. The van der Waals surface area contributed by atoms with Gasteiger partial charge in [-0.3, -0.25) is 0 Å². The van der Waals surface area contributed by atoms with Crippen LogP contribution in [-0.2, 0) is 4.74 Å². The number of hydrogen-bond acceptors (Lipinski definition) is 5. The molecule has 1 N–H and O–H groups in total. The SMILES string of the molecule is COc1ccc(N2CC(CO)OCC2C)nc1. The second-order valence-electron chi connectivity index (χ2n) is 4.20. The monoisotopic (exact) mass is 238 g/mol. The molecule has 0 aromatic carbocycles. The normalized spacial score (nSPS) is 24.8. The first-order valence-electron chi connectivity index (χ1n) is 5.73. The van der Waals surface area contributed by atoms with Crippen LogP contribution >= 0.6 is 0 Å². The van der Waals surface area contributed by atoms with E-state index in [2.05, 4.69) is 16.8 Å². The van der Waals surface area contributed by atoms with E-state index in [1.807, 2.05) is 12.1 Å². The first-order valence-corrected chi connectivity index (χ1v) is 5.73. The van der Waals surface area contributed by atoms with Crippen molar-refractivity contribution in [3.05, 3.63) is 18.3 Å². The minimum Gasteiger partial charge on any atom is -0.495 e. The van der Waals surface area contributed by atoms with Gasteiger partial charge in [-0.15, -0.1) is 0 Å². The summed E-state index contributed by atoms with van der Waals surface area (Å²) in [4.78, 5) is 6.50. The fraction of sp³-hybridized carbons (Fsp3) is 0.583. The highest BCUT2D eigenvalue weighted by atomic mass is 16.5. The van der Waals surface area contributed by atoms with E-state index in [0.717, 1.165) is 11.6 Å². The predicted octanol–water partition coefficient (Wildman–Crippen LogP) is 0.676. The number of nitrogens with zero attached hydrogens (tertiary/aromatic N) is 2. The number of ether oxygens (including phenoxy) is 2. The standard InChI is InChI=1S/C12H18N2O3/c1-9-8-17-11(7-15)6-14(9)12-4-3-10(16-2)5-13-12/h3-5,9,11,15H,6-8H2,1-2H3. The molecule has 94 valence electrons. The molecule has 17 heavy (non-hydrogen) atoms. The predicted molar refractivity (Wildman–Crippen MR) is 64.4 cm³/mol. The van der Waals surface area contributed by atoms with Gasteiger partial charge in [-0.2, -0.15) is 0 Å². The first kappa shape index (κ1) is 12.1. The highest BCUT2D eigenvalue weighted by molar-refractivity contribution is 5.42. The maximum Gasteiger partial charge on any atom is 0.137 e. The van der Waals surface area contributed by atoms with Crippen LogP contribution in [0, 0.1) is 0 Å². The number of aliphatic hydroxyl groups excluding tert-OH is 1. The second kappa shape index (κ2) is 5.33. The average molecular weight is 238 g/mol. The third-order valence-electron chi connectivity index (χ3n) is 2.96. The Morgan fingerprint density at radius 3 is 3.00 bits per heavy atom. The van der Waals surface area contributed by atoms with Crippen molar-refractivity contribution in [1.29, 1.82) is 0 Å². The number of pyridine rings is 1. The van der Waals surface area contributed by atoms with Gasteiger partial charge < -0.3 is 19.5 Å². The van der Waals surface area contributed by atoms with Crippen LogP contribution in [0.25, 0.3) is 0 Å². The van der Waals surface area contributed by atoms with E-state index in [9.17, 15) is 0 Å². The van der Waals surface area contributed by atoms with Crippen molar-refractivity contribution in [2.75, 3.05) is 31.8 Å². The molecule has 0 saturated carbocycles. The van der Waals surface area contributed by atoms with Crippen molar-refractivity contribution < 1.29 is 14.6 Å². The van der Waals surface area contributed by atoms with Gasteiger partial charge in [-0.05, 0) is 19.1 Å². The largest absolute Gasteiger partial charge is 0.495 e. The lowest BCUT2D eigenvalue weighted by Gasteiger charge is -2.38. The number of hydrogen-bond donors (Lipinski definition) is 1. The van der Waals surface area contributed by atoms with Gasteiger partial charge in [0, 0.05) is 6.54 Å². The first-order chi connectivity index (χ1) is 8.24. The topological polar surface area (TPSA) is 54.8 Å². The van der Waals surface area contributed by atoms with E-state index in [4.69, 9.17) is 14.6 Å². The molecule has 0 spiro atoms. The average Bonchev–Trinajstić information content (AvgIpc) is 2.39. The highest BCUT2D eigenvalue weighted by Gasteiger charge is 2.26. The summed E-state index contributed by atoms with van der Waals surface area (Å²) in [7, 11) is 1.62. The van der Waals surface area contributed by atoms with E-state index in [1.54, 1.807) is 13.3 Å².